The maximum atomic E-state index is 13.2. The van der Waals surface area contributed by atoms with Crippen LogP contribution in [0.4, 0.5) is 4.79 Å². The standard InChI is InChI=1S/C21H24N2O5/c1-21(2,3)28-20(27)23(17(19(25)26)15-9-5-4-6-10-15)18(24)16-11-7-8-14(12-16)13-22/h4-12,17H,13,22H2,1-3H3,(H,25,26)/t17-/m1/s1. The number of carbonyl (C=O) groups is 3. The van der Waals surface area contributed by atoms with Crippen molar-refractivity contribution in [2.24, 2.45) is 5.73 Å². The van der Waals surface area contributed by atoms with Crippen molar-refractivity contribution in [3.63, 3.8) is 0 Å². The summed E-state index contributed by atoms with van der Waals surface area (Å²) >= 11 is 0. The van der Waals surface area contributed by atoms with Crippen molar-refractivity contribution in [1.82, 2.24) is 4.90 Å². The number of aliphatic carboxylic acids is 1. The predicted molar refractivity (Wildman–Crippen MR) is 104 cm³/mol. The highest BCUT2D eigenvalue weighted by Crippen LogP contribution is 2.26. The van der Waals surface area contributed by atoms with Gasteiger partial charge in [0.25, 0.3) is 5.91 Å². The lowest BCUT2D eigenvalue weighted by Crippen LogP contribution is -2.45. The summed E-state index contributed by atoms with van der Waals surface area (Å²) in [6.07, 6.45) is -1.04. The molecule has 0 radical (unpaired) electrons. The topological polar surface area (TPSA) is 110 Å². The molecular formula is C21H24N2O5. The van der Waals surface area contributed by atoms with Crippen LogP contribution in [0.2, 0.25) is 0 Å². The molecule has 2 aromatic carbocycles. The summed E-state index contributed by atoms with van der Waals surface area (Å²) in [6, 6.07) is 12.9. The largest absolute Gasteiger partial charge is 0.479 e. The molecule has 0 unspecified atom stereocenters. The lowest BCUT2D eigenvalue weighted by molar-refractivity contribution is -0.142. The molecule has 0 bridgehead atoms. The molecule has 0 saturated carbocycles. The van der Waals surface area contributed by atoms with Crippen molar-refractivity contribution in [1.29, 1.82) is 0 Å². The molecule has 0 saturated heterocycles. The van der Waals surface area contributed by atoms with Crippen LogP contribution in [0.1, 0.15) is 48.3 Å². The minimum absolute atomic E-state index is 0.149. The van der Waals surface area contributed by atoms with E-state index in [0.29, 0.717) is 10.5 Å². The van der Waals surface area contributed by atoms with E-state index in [0.717, 1.165) is 0 Å². The van der Waals surface area contributed by atoms with Gasteiger partial charge < -0.3 is 15.6 Å². The molecule has 0 aliphatic heterocycles. The van der Waals surface area contributed by atoms with E-state index in [-0.39, 0.29) is 17.7 Å². The third-order valence-electron chi connectivity index (χ3n) is 3.83. The summed E-state index contributed by atoms with van der Waals surface area (Å²) in [5, 5.41) is 9.82. The van der Waals surface area contributed by atoms with Crippen LogP contribution in [0.3, 0.4) is 0 Å². The van der Waals surface area contributed by atoms with E-state index in [9.17, 15) is 19.5 Å². The Hall–Kier alpha value is -3.19. The fraction of sp³-hybridized carbons (Fsp3) is 0.286. The van der Waals surface area contributed by atoms with E-state index in [1.165, 1.54) is 12.1 Å². The normalized spacial score (nSPS) is 12.1. The third kappa shape index (κ3) is 5.17. The monoisotopic (exact) mass is 384 g/mol. The van der Waals surface area contributed by atoms with Crippen LogP contribution in [0.15, 0.2) is 54.6 Å². The first kappa shape index (κ1) is 21.1. The van der Waals surface area contributed by atoms with E-state index in [1.54, 1.807) is 63.2 Å². The van der Waals surface area contributed by atoms with Crippen LogP contribution in [-0.4, -0.2) is 33.6 Å². The summed E-state index contributed by atoms with van der Waals surface area (Å²) in [4.78, 5) is 38.7. The van der Waals surface area contributed by atoms with Gasteiger partial charge in [0.15, 0.2) is 6.04 Å². The second kappa shape index (κ2) is 8.67. The van der Waals surface area contributed by atoms with Gasteiger partial charge in [0, 0.05) is 12.1 Å². The van der Waals surface area contributed by atoms with Gasteiger partial charge in [0.05, 0.1) is 0 Å². The minimum atomic E-state index is -1.54. The van der Waals surface area contributed by atoms with E-state index < -0.39 is 29.6 Å². The number of hydrogen-bond donors (Lipinski definition) is 2. The van der Waals surface area contributed by atoms with Crippen molar-refractivity contribution in [3.8, 4) is 0 Å². The van der Waals surface area contributed by atoms with Gasteiger partial charge in [-0.15, -0.1) is 0 Å². The van der Waals surface area contributed by atoms with Gasteiger partial charge in [0.1, 0.15) is 5.60 Å². The SMILES string of the molecule is CC(C)(C)OC(=O)N(C(=O)c1cccc(CN)c1)[C@@H](C(=O)O)c1ccccc1. The van der Waals surface area contributed by atoms with Crippen LogP contribution < -0.4 is 5.73 Å². The number of rotatable bonds is 5. The highest BCUT2D eigenvalue weighted by molar-refractivity contribution is 6.05. The molecule has 0 aliphatic rings. The number of nitrogens with zero attached hydrogens (tertiary/aromatic N) is 1. The summed E-state index contributed by atoms with van der Waals surface area (Å²) in [5.41, 5.74) is 5.83. The van der Waals surface area contributed by atoms with E-state index >= 15 is 0 Å². The highest BCUT2D eigenvalue weighted by Gasteiger charge is 2.39. The minimum Gasteiger partial charge on any atom is -0.479 e. The average Bonchev–Trinajstić information content (AvgIpc) is 2.64. The predicted octanol–water partition coefficient (Wildman–Crippen LogP) is 3.35. The summed E-state index contributed by atoms with van der Waals surface area (Å²) in [6.45, 7) is 5.12. The molecular weight excluding hydrogens is 360 g/mol. The zero-order chi connectivity index (χ0) is 20.9. The van der Waals surface area contributed by atoms with Crippen LogP contribution in [0.25, 0.3) is 0 Å². The van der Waals surface area contributed by atoms with Gasteiger partial charge in [-0.3, -0.25) is 4.79 Å². The quantitative estimate of drug-likeness (QED) is 0.818. The molecule has 7 heteroatoms. The van der Waals surface area contributed by atoms with Gasteiger partial charge in [-0.05, 0) is 44.0 Å². The number of imide groups is 1. The van der Waals surface area contributed by atoms with Gasteiger partial charge in [-0.1, -0.05) is 42.5 Å². The molecule has 0 fully saturated rings. The van der Waals surface area contributed by atoms with Gasteiger partial charge in [-0.25, -0.2) is 14.5 Å². The van der Waals surface area contributed by atoms with E-state index in [1.807, 2.05) is 0 Å². The maximum Gasteiger partial charge on any atom is 0.418 e. The Labute approximate surface area is 163 Å². The summed E-state index contributed by atoms with van der Waals surface area (Å²) < 4.78 is 5.33. The fourth-order valence-corrected chi connectivity index (χ4v) is 2.62. The first-order valence-electron chi connectivity index (χ1n) is 8.77. The lowest BCUT2D eigenvalue weighted by Gasteiger charge is -2.30. The Morgan fingerprint density at radius 1 is 1.07 bits per heavy atom. The van der Waals surface area contributed by atoms with Crippen molar-refractivity contribution in [3.05, 3.63) is 71.3 Å². The summed E-state index contributed by atoms with van der Waals surface area (Å²) in [5.74, 6) is -2.12. The molecule has 28 heavy (non-hydrogen) atoms. The number of nitrogens with two attached hydrogens (primary N) is 1. The fourth-order valence-electron chi connectivity index (χ4n) is 2.62. The van der Waals surface area contributed by atoms with Gasteiger partial charge >= 0.3 is 12.1 Å². The number of amides is 2. The van der Waals surface area contributed by atoms with Gasteiger partial charge in [-0.2, -0.15) is 0 Å². The molecule has 0 spiro atoms. The molecule has 1 atom stereocenters. The molecule has 148 valence electrons. The number of ether oxygens (including phenoxy) is 1. The summed E-state index contributed by atoms with van der Waals surface area (Å²) in [7, 11) is 0. The first-order chi connectivity index (χ1) is 13.1. The number of hydrogen-bond acceptors (Lipinski definition) is 5. The zero-order valence-corrected chi connectivity index (χ0v) is 16.1. The van der Waals surface area contributed by atoms with Crippen molar-refractivity contribution >= 4 is 18.0 Å². The van der Waals surface area contributed by atoms with E-state index in [4.69, 9.17) is 10.5 Å². The Morgan fingerprint density at radius 2 is 1.71 bits per heavy atom. The van der Waals surface area contributed by atoms with Crippen LogP contribution in [0, 0.1) is 0 Å². The van der Waals surface area contributed by atoms with Crippen LogP contribution in [0.5, 0.6) is 0 Å². The number of carboxylic acid groups (broad SMARTS) is 1. The number of carbonyl (C=O) groups excluding carboxylic acids is 2. The average molecular weight is 384 g/mol. The van der Waals surface area contributed by atoms with Crippen molar-refractivity contribution < 1.29 is 24.2 Å². The molecule has 0 aromatic heterocycles. The lowest BCUT2D eigenvalue weighted by atomic mass is 10.0. The van der Waals surface area contributed by atoms with Crippen LogP contribution >= 0.6 is 0 Å². The van der Waals surface area contributed by atoms with Gasteiger partial charge in [0.2, 0.25) is 0 Å². The maximum absolute atomic E-state index is 13.2. The Bertz CT molecular complexity index is 859. The number of carboxylic acids is 1. The molecule has 2 aromatic rings. The Kier molecular flexibility index (Phi) is 6.53. The first-order valence-corrected chi connectivity index (χ1v) is 8.77. The van der Waals surface area contributed by atoms with Crippen molar-refractivity contribution in [2.75, 3.05) is 0 Å². The number of benzene rings is 2. The molecule has 0 heterocycles. The zero-order valence-electron chi connectivity index (χ0n) is 16.1. The molecule has 0 aliphatic carbocycles. The second-order valence-electron chi connectivity index (χ2n) is 7.21. The van der Waals surface area contributed by atoms with Crippen molar-refractivity contribution in [2.45, 2.75) is 39.0 Å². The molecule has 7 nitrogen and oxygen atoms in total. The molecule has 3 N–H and O–H groups in total. The molecule has 2 rings (SSSR count). The second-order valence-corrected chi connectivity index (χ2v) is 7.21. The highest BCUT2D eigenvalue weighted by atomic mass is 16.6. The van der Waals surface area contributed by atoms with E-state index in [2.05, 4.69) is 0 Å². The smallest absolute Gasteiger partial charge is 0.418 e. The molecule has 2 amide bonds. The third-order valence-corrected chi connectivity index (χ3v) is 3.83. The Balaban J connectivity index is 2.56. The van der Waals surface area contributed by atoms with Crippen LogP contribution in [-0.2, 0) is 16.1 Å². The Morgan fingerprint density at radius 3 is 2.25 bits per heavy atom.